The van der Waals surface area contributed by atoms with Gasteiger partial charge in [-0.3, -0.25) is 0 Å². The van der Waals surface area contributed by atoms with Crippen molar-refractivity contribution in [2.24, 2.45) is 5.92 Å². The monoisotopic (exact) mass is 227 g/mol. The van der Waals surface area contributed by atoms with Crippen molar-refractivity contribution >= 4 is 6.09 Å². The van der Waals surface area contributed by atoms with Gasteiger partial charge in [0.1, 0.15) is 0 Å². The summed E-state index contributed by atoms with van der Waals surface area (Å²) in [5.41, 5.74) is 0. The predicted molar refractivity (Wildman–Crippen MR) is 61.4 cm³/mol. The Hall–Kier alpha value is -0.810. The van der Waals surface area contributed by atoms with E-state index in [1.54, 1.807) is 0 Å². The normalized spacial score (nSPS) is 27.1. The van der Waals surface area contributed by atoms with E-state index in [0.29, 0.717) is 5.92 Å². The van der Waals surface area contributed by atoms with Gasteiger partial charge in [0.2, 0.25) is 0 Å². The minimum Gasteiger partial charge on any atom is -0.453 e. The van der Waals surface area contributed by atoms with Crippen LogP contribution in [0.4, 0.5) is 4.79 Å². The van der Waals surface area contributed by atoms with E-state index in [2.05, 4.69) is 10.2 Å². The maximum absolute atomic E-state index is 11.3. The Morgan fingerprint density at radius 1 is 1.38 bits per heavy atom. The molecule has 0 aromatic heterocycles. The summed E-state index contributed by atoms with van der Waals surface area (Å²) in [7, 11) is 1.45. The third kappa shape index (κ3) is 2.86. The molecule has 2 heterocycles. The lowest BCUT2D eigenvalue weighted by Gasteiger charge is -2.29. The number of rotatable bonds is 2. The summed E-state index contributed by atoms with van der Waals surface area (Å²) in [6.45, 7) is 7.28. The van der Waals surface area contributed by atoms with Crippen LogP contribution < -0.4 is 5.32 Å². The number of piperazine rings is 1. The molecule has 1 amide bonds. The summed E-state index contributed by atoms with van der Waals surface area (Å²) in [5.74, 6) is 0.622. The fourth-order valence-corrected chi connectivity index (χ4v) is 2.54. The van der Waals surface area contributed by atoms with Crippen LogP contribution in [0.15, 0.2) is 0 Å². The zero-order valence-electron chi connectivity index (χ0n) is 9.95. The summed E-state index contributed by atoms with van der Waals surface area (Å²) < 4.78 is 4.74. The first-order valence-corrected chi connectivity index (χ1v) is 6.05. The molecule has 2 fully saturated rings. The first-order valence-electron chi connectivity index (χ1n) is 6.05. The molecule has 1 N–H and O–H groups in total. The Bertz CT molecular complexity index is 241. The fourth-order valence-electron chi connectivity index (χ4n) is 2.54. The Balaban J connectivity index is 1.73. The number of carbonyl (C=O) groups is 1. The van der Waals surface area contributed by atoms with Gasteiger partial charge in [-0.25, -0.2) is 4.79 Å². The van der Waals surface area contributed by atoms with Crippen LogP contribution in [0.2, 0.25) is 0 Å². The number of methoxy groups -OCH3 is 1. The van der Waals surface area contributed by atoms with E-state index in [9.17, 15) is 4.79 Å². The van der Waals surface area contributed by atoms with Crippen molar-refractivity contribution in [2.75, 3.05) is 52.9 Å². The average Bonchev–Trinajstić information content (AvgIpc) is 2.78. The van der Waals surface area contributed by atoms with Gasteiger partial charge < -0.3 is 19.9 Å². The van der Waals surface area contributed by atoms with Gasteiger partial charge in [-0.05, 0) is 12.3 Å². The highest BCUT2D eigenvalue weighted by Crippen LogP contribution is 2.18. The summed E-state index contributed by atoms with van der Waals surface area (Å²) in [6.07, 6.45) is 0.932. The molecular weight excluding hydrogens is 206 g/mol. The smallest absolute Gasteiger partial charge is 0.409 e. The largest absolute Gasteiger partial charge is 0.453 e. The molecule has 0 aliphatic carbocycles. The van der Waals surface area contributed by atoms with E-state index >= 15 is 0 Å². The number of hydrogen-bond acceptors (Lipinski definition) is 4. The molecule has 0 saturated carbocycles. The number of nitrogens with one attached hydrogen (secondary N) is 1. The maximum Gasteiger partial charge on any atom is 0.409 e. The first-order chi connectivity index (χ1) is 7.79. The number of carbonyl (C=O) groups excluding carboxylic acids is 1. The highest BCUT2D eigenvalue weighted by Gasteiger charge is 2.28. The maximum atomic E-state index is 11.3. The van der Waals surface area contributed by atoms with Crippen LogP contribution in [0.25, 0.3) is 0 Å². The molecule has 5 heteroatoms. The van der Waals surface area contributed by atoms with Crippen molar-refractivity contribution in [3.8, 4) is 0 Å². The summed E-state index contributed by atoms with van der Waals surface area (Å²) in [6, 6.07) is 0. The van der Waals surface area contributed by atoms with Crippen LogP contribution in [0.3, 0.4) is 0 Å². The molecule has 1 unspecified atom stereocenters. The number of amides is 1. The molecule has 0 radical (unpaired) electrons. The van der Waals surface area contributed by atoms with Crippen molar-refractivity contribution in [3.05, 3.63) is 0 Å². The molecule has 2 aliphatic rings. The lowest BCUT2D eigenvalue weighted by atomic mass is 10.1. The van der Waals surface area contributed by atoms with Crippen LogP contribution in [0, 0.1) is 5.92 Å². The van der Waals surface area contributed by atoms with Gasteiger partial charge in [0.15, 0.2) is 0 Å². The van der Waals surface area contributed by atoms with E-state index in [1.165, 1.54) is 7.11 Å². The highest BCUT2D eigenvalue weighted by molar-refractivity contribution is 5.67. The standard InChI is InChI=1S/C11H21N3O2/c1-16-11(15)14-5-2-10(9-14)8-13-6-3-12-4-7-13/h10,12H,2-9H2,1H3. The molecular formula is C11H21N3O2. The van der Waals surface area contributed by atoms with Crippen LogP contribution in [0.1, 0.15) is 6.42 Å². The molecule has 0 aromatic carbocycles. The van der Waals surface area contributed by atoms with Gasteiger partial charge in [-0.15, -0.1) is 0 Å². The Labute approximate surface area is 96.7 Å². The molecule has 2 aliphatic heterocycles. The SMILES string of the molecule is COC(=O)N1CCC(CN2CCNCC2)C1. The third-order valence-electron chi connectivity index (χ3n) is 3.44. The van der Waals surface area contributed by atoms with E-state index in [-0.39, 0.29) is 6.09 Å². The summed E-state index contributed by atoms with van der Waals surface area (Å²) in [4.78, 5) is 15.6. The molecule has 2 rings (SSSR count). The quantitative estimate of drug-likeness (QED) is 0.720. The summed E-state index contributed by atoms with van der Waals surface area (Å²) in [5, 5.41) is 3.35. The van der Waals surface area contributed by atoms with Crippen molar-refractivity contribution in [1.29, 1.82) is 0 Å². The van der Waals surface area contributed by atoms with Gasteiger partial charge in [-0.1, -0.05) is 0 Å². The molecule has 1 atom stereocenters. The zero-order chi connectivity index (χ0) is 11.4. The second kappa shape index (κ2) is 5.50. The lowest BCUT2D eigenvalue weighted by Crippen LogP contribution is -2.45. The molecule has 0 spiro atoms. The number of nitrogens with zero attached hydrogens (tertiary/aromatic N) is 2. The third-order valence-corrected chi connectivity index (χ3v) is 3.44. The number of likely N-dealkylation sites (tertiary alicyclic amines) is 1. The van der Waals surface area contributed by atoms with Crippen LogP contribution in [-0.4, -0.2) is 68.8 Å². The van der Waals surface area contributed by atoms with E-state index in [0.717, 1.165) is 52.2 Å². The van der Waals surface area contributed by atoms with Crippen LogP contribution in [-0.2, 0) is 4.74 Å². The zero-order valence-corrected chi connectivity index (χ0v) is 9.95. The van der Waals surface area contributed by atoms with Crippen molar-refractivity contribution < 1.29 is 9.53 Å². The van der Waals surface area contributed by atoms with Crippen molar-refractivity contribution in [2.45, 2.75) is 6.42 Å². The summed E-state index contributed by atoms with van der Waals surface area (Å²) >= 11 is 0. The first kappa shape index (κ1) is 11.7. The number of ether oxygens (including phenoxy) is 1. The van der Waals surface area contributed by atoms with Gasteiger partial charge >= 0.3 is 6.09 Å². The van der Waals surface area contributed by atoms with E-state index in [4.69, 9.17) is 4.74 Å². The van der Waals surface area contributed by atoms with Gasteiger partial charge in [0.05, 0.1) is 7.11 Å². The van der Waals surface area contributed by atoms with Gasteiger partial charge in [0, 0.05) is 45.8 Å². The molecule has 0 aromatic rings. The minimum absolute atomic E-state index is 0.178. The van der Waals surface area contributed by atoms with Gasteiger partial charge in [-0.2, -0.15) is 0 Å². The molecule has 0 bridgehead atoms. The van der Waals surface area contributed by atoms with Crippen LogP contribution >= 0.6 is 0 Å². The molecule has 92 valence electrons. The Morgan fingerprint density at radius 2 is 2.12 bits per heavy atom. The topological polar surface area (TPSA) is 44.8 Å². The minimum atomic E-state index is -0.178. The second-order valence-corrected chi connectivity index (χ2v) is 4.62. The van der Waals surface area contributed by atoms with Crippen molar-refractivity contribution in [3.63, 3.8) is 0 Å². The lowest BCUT2D eigenvalue weighted by molar-refractivity contribution is 0.129. The van der Waals surface area contributed by atoms with Gasteiger partial charge in [0.25, 0.3) is 0 Å². The van der Waals surface area contributed by atoms with E-state index < -0.39 is 0 Å². The highest BCUT2D eigenvalue weighted by atomic mass is 16.5. The molecule has 16 heavy (non-hydrogen) atoms. The molecule has 2 saturated heterocycles. The van der Waals surface area contributed by atoms with E-state index in [1.807, 2.05) is 4.90 Å². The predicted octanol–water partition coefficient (Wildman–Crippen LogP) is -0.0201. The Morgan fingerprint density at radius 3 is 2.81 bits per heavy atom. The number of hydrogen-bond donors (Lipinski definition) is 1. The van der Waals surface area contributed by atoms with Crippen LogP contribution in [0.5, 0.6) is 0 Å². The fraction of sp³-hybridized carbons (Fsp3) is 0.909. The Kier molecular flexibility index (Phi) is 4.01. The average molecular weight is 227 g/mol. The molecule has 5 nitrogen and oxygen atoms in total. The van der Waals surface area contributed by atoms with Crippen molar-refractivity contribution in [1.82, 2.24) is 15.1 Å². The second-order valence-electron chi connectivity index (χ2n) is 4.62.